The van der Waals surface area contributed by atoms with Crippen LogP contribution in [0.5, 0.6) is 0 Å². The number of sulfonamides is 1. The van der Waals surface area contributed by atoms with Gasteiger partial charge in [-0.25, -0.2) is 13.4 Å². The van der Waals surface area contributed by atoms with Gasteiger partial charge in [0, 0.05) is 19.3 Å². The van der Waals surface area contributed by atoms with Crippen LogP contribution in [-0.4, -0.2) is 30.8 Å². The summed E-state index contributed by atoms with van der Waals surface area (Å²) in [5, 5.41) is 0.293. The summed E-state index contributed by atoms with van der Waals surface area (Å²) in [6.45, 7) is 4.97. The molecule has 17 heavy (non-hydrogen) atoms. The monoisotopic (exact) mass is 276 g/mol. The quantitative estimate of drug-likeness (QED) is 0.750. The van der Waals surface area contributed by atoms with Gasteiger partial charge in [-0.3, -0.25) is 0 Å². The van der Waals surface area contributed by atoms with Crippen molar-refractivity contribution in [3.8, 4) is 0 Å². The largest absolute Gasteiger partial charge is 0.244 e. The van der Waals surface area contributed by atoms with E-state index in [0.29, 0.717) is 18.2 Å². The van der Waals surface area contributed by atoms with Crippen LogP contribution in [0.15, 0.2) is 23.2 Å². The van der Waals surface area contributed by atoms with Crippen molar-refractivity contribution in [1.29, 1.82) is 0 Å². The normalized spacial score (nSPS) is 12.0. The van der Waals surface area contributed by atoms with Gasteiger partial charge in [0.2, 0.25) is 10.0 Å². The summed E-state index contributed by atoms with van der Waals surface area (Å²) in [7, 11) is -3.43. The maximum absolute atomic E-state index is 12.3. The third-order valence-electron chi connectivity index (χ3n) is 2.28. The van der Waals surface area contributed by atoms with Gasteiger partial charge in [-0.1, -0.05) is 25.4 Å². The van der Waals surface area contributed by atoms with Crippen LogP contribution < -0.4 is 0 Å². The Hall–Kier alpha value is -0.650. The molecule has 0 atom stereocenters. The Labute approximate surface area is 108 Å². The van der Waals surface area contributed by atoms with Gasteiger partial charge >= 0.3 is 0 Å². The van der Waals surface area contributed by atoms with Gasteiger partial charge in [-0.2, -0.15) is 4.31 Å². The van der Waals surface area contributed by atoms with Gasteiger partial charge in [0.15, 0.2) is 0 Å². The standard InChI is InChI=1S/C11H17ClN2O2S/c1-3-7-14(8-4-2)17(15,16)10-5-6-11(12)13-9-10/h5-6,9H,3-4,7-8H2,1-2H3. The summed E-state index contributed by atoms with van der Waals surface area (Å²) < 4.78 is 26.0. The molecule has 4 nitrogen and oxygen atoms in total. The minimum absolute atomic E-state index is 0.198. The molecular weight excluding hydrogens is 260 g/mol. The molecule has 0 bridgehead atoms. The van der Waals surface area contributed by atoms with E-state index < -0.39 is 10.0 Å². The Kier molecular flexibility index (Phi) is 5.36. The predicted molar refractivity (Wildman–Crippen MR) is 68.6 cm³/mol. The lowest BCUT2D eigenvalue weighted by molar-refractivity contribution is 0.410. The van der Waals surface area contributed by atoms with E-state index in [2.05, 4.69) is 4.98 Å². The van der Waals surface area contributed by atoms with Crippen LogP contribution in [0.25, 0.3) is 0 Å². The van der Waals surface area contributed by atoms with Gasteiger partial charge in [-0.15, -0.1) is 0 Å². The fraction of sp³-hybridized carbons (Fsp3) is 0.545. The molecule has 0 aromatic carbocycles. The molecule has 1 heterocycles. The molecular formula is C11H17ClN2O2S. The molecule has 0 N–H and O–H groups in total. The van der Waals surface area contributed by atoms with E-state index in [-0.39, 0.29) is 4.90 Å². The van der Waals surface area contributed by atoms with Crippen LogP contribution in [-0.2, 0) is 10.0 Å². The smallest absolute Gasteiger partial charge is 0.243 e. The van der Waals surface area contributed by atoms with E-state index in [0.717, 1.165) is 12.8 Å². The Morgan fingerprint density at radius 2 is 1.82 bits per heavy atom. The highest BCUT2D eigenvalue weighted by Gasteiger charge is 2.23. The first-order chi connectivity index (χ1) is 8.02. The van der Waals surface area contributed by atoms with Gasteiger partial charge < -0.3 is 0 Å². The highest BCUT2D eigenvalue weighted by molar-refractivity contribution is 7.89. The van der Waals surface area contributed by atoms with E-state index in [1.807, 2.05) is 13.8 Å². The van der Waals surface area contributed by atoms with E-state index in [9.17, 15) is 8.42 Å². The molecule has 1 aromatic rings. The first-order valence-corrected chi connectivity index (χ1v) is 7.45. The third-order valence-corrected chi connectivity index (χ3v) is 4.39. The highest BCUT2D eigenvalue weighted by Crippen LogP contribution is 2.17. The number of pyridine rings is 1. The molecule has 0 amide bonds. The maximum Gasteiger partial charge on any atom is 0.244 e. The van der Waals surface area contributed by atoms with Crippen LogP contribution in [0.4, 0.5) is 0 Å². The van der Waals surface area contributed by atoms with E-state index >= 15 is 0 Å². The number of nitrogens with zero attached hydrogens (tertiary/aromatic N) is 2. The van der Waals surface area contributed by atoms with Crippen LogP contribution >= 0.6 is 11.6 Å². The number of hydrogen-bond donors (Lipinski definition) is 0. The topological polar surface area (TPSA) is 50.3 Å². The second kappa shape index (κ2) is 6.33. The molecule has 0 aliphatic rings. The van der Waals surface area contributed by atoms with Crippen molar-refractivity contribution in [2.75, 3.05) is 13.1 Å². The van der Waals surface area contributed by atoms with Crippen LogP contribution in [0.3, 0.4) is 0 Å². The molecule has 0 saturated heterocycles. The summed E-state index contributed by atoms with van der Waals surface area (Å²) in [6, 6.07) is 2.98. The van der Waals surface area contributed by atoms with Crippen LogP contribution in [0.1, 0.15) is 26.7 Å². The first-order valence-electron chi connectivity index (χ1n) is 5.64. The summed E-state index contributed by atoms with van der Waals surface area (Å²) in [4.78, 5) is 4.01. The number of rotatable bonds is 6. The lowest BCUT2D eigenvalue weighted by Gasteiger charge is -2.20. The SMILES string of the molecule is CCCN(CCC)S(=O)(=O)c1ccc(Cl)nc1. The fourth-order valence-electron chi connectivity index (χ4n) is 1.51. The van der Waals surface area contributed by atoms with Crippen molar-refractivity contribution in [3.63, 3.8) is 0 Å². The summed E-state index contributed by atoms with van der Waals surface area (Å²) in [5.74, 6) is 0. The minimum atomic E-state index is -3.43. The van der Waals surface area contributed by atoms with E-state index in [1.54, 1.807) is 0 Å². The third kappa shape index (κ3) is 3.66. The molecule has 1 rings (SSSR count). The average molecular weight is 277 g/mol. The Balaban J connectivity index is 3.02. The summed E-state index contributed by atoms with van der Waals surface area (Å²) in [6.07, 6.45) is 2.89. The lowest BCUT2D eigenvalue weighted by Crippen LogP contribution is -2.32. The molecule has 0 unspecified atom stereocenters. The van der Waals surface area contributed by atoms with Gasteiger partial charge in [0.1, 0.15) is 10.0 Å². The summed E-state index contributed by atoms with van der Waals surface area (Å²) >= 11 is 5.64. The molecule has 0 aliphatic heterocycles. The number of aromatic nitrogens is 1. The predicted octanol–water partition coefficient (Wildman–Crippen LogP) is 2.55. The second-order valence-corrected chi connectivity index (χ2v) is 6.05. The maximum atomic E-state index is 12.3. The highest BCUT2D eigenvalue weighted by atomic mass is 35.5. The van der Waals surface area contributed by atoms with Crippen molar-refractivity contribution in [3.05, 3.63) is 23.5 Å². The van der Waals surface area contributed by atoms with Crippen LogP contribution in [0, 0.1) is 0 Å². The van der Waals surface area contributed by atoms with Crippen molar-refractivity contribution < 1.29 is 8.42 Å². The molecule has 6 heteroatoms. The molecule has 0 fully saturated rings. The van der Waals surface area contributed by atoms with Crippen LogP contribution in [0.2, 0.25) is 5.15 Å². The second-order valence-electron chi connectivity index (χ2n) is 3.72. The molecule has 0 aliphatic carbocycles. The molecule has 0 spiro atoms. The zero-order chi connectivity index (χ0) is 12.9. The zero-order valence-corrected chi connectivity index (χ0v) is 11.6. The molecule has 1 aromatic heterocycles. The summed E-state index contributed by atoms with van der Waals surface area (Å²) in [5.41, 5.74) is 0. The molecule has 0 saturated carbocycles. The lowest BCUT2D eigenvalue weighted by atomic mass is 10.4. The van der Waals surface area contributed by atoms with Gasteiger partial charge in [-0.05, 0) is 25.0 Å². The van der Waals surface area contributed by atoms with Crippen molar-refractivity contribution in [2.24, 2.45) is 0 Å². The number of hydrogen-bond acceptors (Lipinski definition) is 3. The Morgan fingerprint density at radius 1 is 1.24 bits per heavy atom. The Morgan fingerprint density at radius 3 is 2.24 bits per heavy atom. The molecule has 0 radical (unpaired) electrons. The fourth-order valence-corrected chi connectivity index (χ4v) is 3.20. The average Bonchev–Trinajstić information content (AvgIpc) is 2.29. The van der Waals surface area contributed by atoms with Crippen molar-refractivity contribution in [1.82, 2.24) is 9.29 Å². The van der Waals surface area contributed by atoms with Gasteiger partial charge in [0.05, 0.1) is 0 Å². The van der Waals surface area contributed by atoms with E-state index in [4.69, 9.17) is 11.6 Å². The first kappa shape index (κ1) is 14.4. The van der Waals surface area contributed by atoms with Gasteiger partial charge in [0.25, 0.3) is 0 Å². The number of halogens is 1. The molecule has 96 valence electrons. The van der Waals surface area contributed by atoms with Crippen molar-refractivity contribution in [2.45, 2.75) is 31.6 Å². The minimum Gasteiger partial charge on any atom is -0.243 e. The van der Waals surface area contributed by atoms with E-state index in [1.165, 1.54) is 22.6 Å². The zero-order valence-electron chi connectivity index (χ0n) is 10.1. The Bertz CT molecular complexity index is 439. The van der Waals surface area contributed by atoms with Crippen molar-refractivity contribution >= 4 is 21.6 Å².